The Morgan fingerprint density at radius 1 is 1.60 bits per heavy atom. The van der Waals surface area contributed by atoms with E-state index in [1.165, 1.54) is 6.42 Å². The van der Waals surface area contributed by atoms with E-state index in [1.807, 2.05) is 4.90 Å². The molecule has 2 rings (SSSR count). The third kappa shape index (κ3) is 2.26. The van der Waals surface area contributed by atoms with Crippen LogP contribution in [-0.4, -0.2) is 34.1 Å². The van der Waals surface area contributed by atoms with Crippen LogP contribution in [0.1, 0.15) is 29.6 Å². The first-order chi connectivity index (χ1) is 7.16. The van der Waals surface area contributed by atoms with Gasteiger partial charge in [-0.15, -0.1) is 10.2 Å². The van der Waals surface area contributed by atoms with Crippen LogP contribution in [0.15, 0.2) is 0 Å². The fourth-order valence-electron chi connectivity index (χ4n) is 1.83. The standard InChI is InChI=1S/C9H14N4OS/c1-6-3-2-4-13(5-6)8(14)7-11-12-9(10)15-7/h6H,2-5H2,1H3,(H2,10,12). The molecule has 1 aromatic rings. The summed E-state index contributed by atoms with van der Waals surface area (Å²) in [5.41, 5.74) is 5.45. The van der Waals surface area contributed by atoms with Crippen LogP contribution in [0.25, 0.3) is 0 Å². The molecule has 1 aliphatic heterocycles. The second kappa shape index (κ2) is 4.14. The average molecular weight is 226 g/mol. The first kappa shape index (κ1) is 10.4. The van der Waals surface area contributed by atoms with Gasteiger partial charge in [-0.1, -0.05) is 18.3 Å². The summed E-state index contributed by atoms with van der Waals surface area (Å²) < 4.78 is 0. The summed E-state index contributed by atoms with van der Waals surface area (Å²) in [5, 5.41) is 8.17. The maximum Gasteiger partial charge on any atom is 0.284 e. The molecular formula is C9H14N4OS. The number of nitrogen functional groups attached to an aromatic ring is 1. The lowest BCUT2D eigenvalue weighted by Gasteiger charge is -2.30. The Morgan fingerprint density at radius 2 is 2.40 bits per heavy atom. The number of carbonyl (C=O) groups excluding carboxylic acids is 1. The maximum atomic E-state index is 11.9. The summed E-state index contributed by atoms with van der Waals surface area (Å²) in [6.07, 6.45) is 2.27. The highest BCUT2D eigenvalue weighted by Crippen LogP contribution is 2.19. The van der Waals surface area contributed by atoms with Crippen LogP contribution in [0.3, 0.4) is 0 Å². The number of piperidine rings is 1. The van der Waals surface area contributed by atoms with E-state index in [1.54, 1.807) is 0 Å². The average Bonchev–Trinajstić information content (AvgIpc) is 2.64. The fraction of sp³-hybridized carbons (Fsp3) is 0.667. The largest absolute Gasteiger partial charge is 0.374 e. The van der Waals surface area contributed by atoms with Crippen molar-refractivity contribution in [2.75, 3.05) is 18.8 Å². The molecule has 2 heterocycles. The van der Waals surface area contributed by atoms with Gasteiger partial charge in [0.25, 0.3) is 5.91 Å². The second-order valence-electron chi connectivity index (χ2n) is 3.94. The highest BCUT2D eigenvalue weighted by atomic mass is 32.1. The highest BCUT2D eigenvalue weighted by molar-refractivity contribution is 7.16. The molecule has 0 aromatic carbocycles. The van der Waals surface area contributed by atoms with Crippen LogP contribution in [0, 0.1) is 5.92 Å². The molecule has 1 amide bonds. The van der Waals surface area contributed by atoms with Crippen molar-refractivity contribution in [3.8, 4) is 0 Å². The van der Waals surface area contributed by atoms with E-state index in [0.29, 0.717) is 16.1 Å². The number of nitrogens with zero attached hydrogens (tertiary/aromatic N) is 3. The predicted octanol–water partition coefficient (Wildman–Crippen LogP) is 0.992. The molecule has 15 heavy (non-hydrogen) atoms. The molecule has 0 aliphatic carbocycles. The molecule has 1 fully saturated rings. The number of anilines is 1. The lowest BCUT2D eigenvalue weighted by molar-refractivity contribution is 0.0682. The molecule has 0 spiro atoms. The number of likely N-dealkylation sites (tertiary alicyclic amines) is 1. The van der Waals surface area contributed by atoms with Gasteiger partial charge in [-0.3, -0.25) is 4.79 Å². The highest BCUT2D eigenvalue weighted by Gasteiger charge is 2.24. The minimum absolute atomic E-state index is 0.0317. The Bertz CT molecular complexity index is 365. The number of amides is 1. The van der Waals surface area contributed by atoms with Gasteiger partial charge in [-0.25, -0.2) is 0 Å². The first-order valence-corrected chi connectivity index (χ1v) is 5.86. The number of hydrogen-bond donors (Lipinski definition) is 1. The van der Waals surface area contributed by atoms with Crippen molar-refractivity contribution in [3.63, 3.8) is 0 Å². The number of carbonyl (C=O) groups is 1. The van der Waals surface area contributed by atoms with Crippen molar-refractivity contribution in [1.29, 1.82) is 0 Å². The zero-order valence-corrected chi connectivity index (χ0v) is 9.46. The van der Waals surface area contributed by atoms with Crippen LogP contribution >= 0.6 is 11.3 Å². The van der Waals surface area contributed by atoms with Crippen LogP contribution in [0.4, 0.5) is 5.13 Å². The van der Waals surface area contributed by atoms with E-state index in [0.717, 1.165) is 30.8 Å². The van der Waals surface area contributed by atoms with Crippen LogP contribution < -0.4 is 5.73 Å². The van der Waals surface area contributed by atoms with E-state index >= 15 is 0 Å². The molecule has 0 saturated carbocycles. The van der Waals surface area contributed by atoms with Crippen LogP contribution in [0.5, 0.6) is 0 Å². The fourth-order valence-corrected chi connectivity index (χ4v) is 2.41. The Morgan fingerprint density at radius 3 is 3.00 bits per heavy atom. The zero-order chi connectivity index (χ0) is 10.8. The lowest BCUT2D eigenvalue weighted by Crippen LogP contribution is -2.39. The van der Waals surface area contributed by atoms with E-state index in [9.17, 15) is 4.79 Å². The Hall–Kier alpha value is -1.17. The molecular weight excluding hydrogens is 212 g/mol. The SMILES string of the molecule is CC1CCCN(C(=O)c2nnc(N)s2)C1. The third-order valence-corrected chi connectivity index (χ3v) is 3.31. The molecule has 1 aromatic heterocycles. The molecule has 2 N–H and O–H groups in total. The van der Waals surface area contributed by atoms with Gasteiger partial charge < -0.3 is 10.6 Å². The van der Waals surface area contributed by atoms with Gasteiger partial charge in [0.1, 0.15) is 0 Å². The van der Waals surface area contributed by atoms with Gasteiger partial charge in [0.2, 0.25) is 10.1 Å². The minimum atomic E-state index is -0.0317. The summed E-state index contributed by atoms with van der Waals surface area (Å²) in [4.78, 5) is 13.8. The van der Waals surface area contributed by atoms with Gasteiger partial charge in [0.15, 0.2) is 0 Å². The molecule has 1 saturated heterocycles. The third-order valence-electron chi connectivity index (χ3n) is 2.57. The molecule has 82 valence electrons. The number of nitrogens with two attached hydrogens (primary N) is 1. The van der Waals surface area contributed by atoms with E-state index in [4.69, 9.17) is 5.73 Å². The molecule has 1 aliphatic rings. The molecule has 6 heteroatoms. The number of hydrogen-bond acceptors (Lipinski definition) is 5. The van der Waals surface area contributed by atoms with Gasteiger partial charge in [0, 0.05) is 13.1 Å². The second-order valence-corrected chi connectivity index (χ2v) is 4.95. The Labute approximate surface area is 92.3 Å². The normalized spacial score (nSPS) is 21.7. The molecule has 5 nitrogen and oxygen atoms in total. The summed E-state index contributed by atoms with van der Waals surface area (Å²) in [6.45, 7) is 3.80. The molecule has 0 radical (unpaired) electrons. The smallest absolute Gasteiger partial charge is 0.284 e. The van der Waals surface area contributed by atoms with Crippen molar-refractivity contribution in [1.82, 2.24) is 15.1 Å². The van der Waals surface area contributed by atoms with Crippen molar-refractivity contribution >= 4 is 22.4 Å². The lowest BCUT2D eigenvalue weighted by atomic mass is 10.0. The van der Waals surface area contributed by atoms with Crippen molar-refractivity contribution in [2.24, 2.45) is 5.92 Å². The number of aromatic nitrogens is 2. The van der Waals surface area contributed by atoms with Gasteiger partial charge >= 0.3 is 0 Å². The summed E-state index contributed by atoms with van der Waals surface area (Å²) >= 11 is 1.16. The predicted molar refractivity (Wildman–Crippen MR) is 58.6 cm³/mol. The topological polar surface area (TPSA) is 72.1 Å². The monoisotopic (exact) mass is 226 g/mol. The van der Waals surface area contributed by atoms with Crippen LogP contribution in [-0.2, 0) is 0 Å². The quantitative estimate of drug-likeness (QED) is 0.775. The van der Waals surface area contributed by atoms with Gasteiger partial charge in [0.05, 0.1) is 0 Å². The van der Waals surface area contributed by atoms with Crippen molar-refractivity contribution < 1.29 is 4.79 Å². The maximum absolute atomic E-state index is 11.9. The van der Waals surface area contributed by atoms with Crippen molar-refractivity contribution in [2.45, 2.75) is 19.8 Å². The Kier molecular flexibility index (Phi) is 2.86. The van der Waals surface area contributed by atoms with Crippen molar-refractivity contribution in [3.05, 3.63) is 5.01 Å². The minimum Gasteiger partial charge on any atom is -0.374 e. The molecule has 1 unspecified atom stereocenters. The zero-order valence-electron chi connectivity index (χ0n) is 8.64. The molecule has 1 atom stereocenters. The van der Waals surface area contributed by atoms with Crippen LogP contribution in [0.2, 0.25) is 0 Å². The van der Waals surface area contributed by atoms with E-state index in [2.05, 4.69) is 17.1 Å². The summed E-state index contributed by atoms with van der Waals surface area (Å²) in [6, 6.07) is 0. The van der Waals surface area contributed by atoms with E-state index < -0.39 is 0 Å². The molecule has 0 bridgehead atoms. The summed E-state index contributed by atoms with van der Waals surface area (Å²) in [5.74, 6) is 0.545. The number of rotatable bonds is 1. The first-order valence-electron chi connectivity index (χ1n) is 5.05. The van der Waals surface area contributed by atoms with Gasteiger partial charge in [-0.05, 0) is 18.8 Å². The summed E-state index contributed by atoms with van der Waals surface area (Å²) in [7, 11) is 0. The Balaban J connectivity index is 2.07. The van der Waals surface area contributed by atoms with Gasteiger partial charge in [-0.2, -0.15) is 0 Å². The van der Waals surface area contributed by atoms with E-state index in [-0.39, 0.29) is 5.91 Å².